The lowest BCUT2D eigenvalue weighted by molar-refractivity contribution is -0.116. The minimum atomic E-state index is -0.381. The fourth-order valence-corrected chi connectivity index (χ4v) is 5.15. The molecular formula is C22H27BrN4O3S. The Kier molecular flexibility index (Phi) is 7.64. The number of aromatic nitrogens is 2. The highest BCUT2D eigenvalue weighted by Crippen LogP contribution is 2.50. The van der Waals surface area contributed by atoms with Crippen LogP contribution in [0.15, 0.2) is 45.5 Å². The Morgan fingerprint density at radius 1 is 1.42 bits per heavy atom. The molecule has 1 aliphatic carbocycles. The Morgan fingerprint density at radius 2 is 2.16 bits per heavy atom. The molecule has 9 heteroatoms. The average molecular weight is 507 g/mol. The molecule has 31 heavy (non-hydrogen) atoms. The Hall–Kier alpha value is -2.07. The van der Waals surface area contributed by atoms with E-state index in [-0.39, 0.29) is 18.6 Å². The van der Waals surface area contributed by atoms with E-state index < -0.39 is 0 Å². The Morgan fingerprint density at radius 3 is 2.74 bits per heavy atom. The fourth-order valence-electron chi connectivity index (χ4n) is 3.43. The van der Waals surface area contributed by atoms with Crippen molar-refractivity contribution in [3.8, 4) is 0 Å². The molecule has 2 aromatic rings. The molecule has 166 valence electrons. The summed E-state index contributed by atoms with van der Waals surface area (Å²) in [6, 6.07) is 7.96. The van der Waals surface area contributed by atoms with E-state index in [0.29, 0.717) is 45.7 Å². The summed E-state index contributed by atoms with van der Waals surface area (Å²) in [6.45, 7) is 3.69. The Balaban J connectivity index is 1.93. The SMILES string of the molecule is C/C(=C(CCO)/[SH]=C(\O)C1(c2cccc(Br)c2)CC1)N(C=O)Cc1cnc(C)nc1N. The van der Waals surface area contributed by atoms with Crippen LogP contribution in [0, 0.1) is 6.92 Å². The van der Waals surface area contributed by atoms with E-state index in [9.17, 15) is 15.0 Å². The van der Waals surface area contributed by atoms with Gasteiger partial charge in [-0.25, -0.2) is 9.97 Å². The van der Waals surface area contributed by atoms with Gasteiger partial charge in [0.05, 0.1) is 11.6 Å². The van der Waals surface area contributed by atoms with E-state index in [2.05, 4.69) is 25.9 Å². The van der Waals surface area contributed by atoms with Gasteiger partial charge in [0.25, 0.3) is 0 Å². The maximum atomic E-state index is 11.9. The van der Waals surface area contributed by atoms with E-state index >= 15 is 0 Å². The number of aliphatic hydroxyl groups is 2. The summed E-state index contributed by atoms with van der Waals surface area (Å²) in [7, 11) is 0. The lowest BCUT2D eigenvalue weighted by Gasteiger charge is -2.22. The largest absolute Gasteiger partial charge is 0.396 e. The van der Waals surface area contributed by atoms with Crippen molar-refractivity contribution in [3.05, 3.63) is 62.5 Å². The first-order valence-electron chi connectivity index (χ1n) is 9.95. The Labute approximate surface area is 194 Å². The normalized spacial score (nSPS) is 16.2. The number of thiol groups is 1. The van der Waals surface area contributed by atoms with Crippen molar-refractivity contribution in [1.82, 2.24) is 14.9 Å². The van der Waals surface area contributed by atoms with Crippen LogP contribution in [0.2, 0.25) is 0 Å². The van der Waals surface area contributed by atoms with E-state index in [0.717, 1.165) is 34.2 Å². The van der Waals surface area contributed by atoms with Gasteiger partial charge in [0.1, 0.15) is 11.6 Å². The molecule has 0 saturated heterocycles. The number of rotatable bonds is 9. The van der Waals surface area contributed by atoms with E-state index in [1.165, 1.54) is 4.90 Å². The highest BCUT2D eigenvalue weighted by molar-refractivity contribution is 9.10. The van der Waals surface area contributed by atoms with Crippen LogP contribution in [-0.4, -0.2) is 43.1 Å². The number of benzene rings is 1. The van der Waals surface area contributed by atoms with Gasteiger partial charge in [0, 0.05) is 40.4 Å². The zero-order valence-corrected chi connectivity index (χ0v) is 20.0. The standard InChI is InChI=1S/C22H27BrN4O3S/c1-14(27(13-29)12-16-11-25-15(2)26-20(16)24)19(6-9-28)31-21(30)22(7-8-22)17-4-3-5-18(23)10-17/h3-5,10-11,13,28,30-31H,6-9,12H2,1-2H3,(H2,24,25,26)/b19-14-. The van der Waals surface area contributed by atoms with Crippen molar-refractivity contribution in [2.75, 3.05) is 12.3 Å². The number of hydrogen-bond acceptors (Lipinski definition) is 5. The summed E-state index contributed by atoms with van der Waals surface area (Å²) in [5, 5.41) is 21.0. The first-order valence-corrected chi connectivity index (χ1v) is 11.6. The summed E-state index contributed by atoms with van der Waals surface area (Å²) in [6.07, 6.45) is 4.40. The maximum absolute atomic E-state index is 11.9. The summed E-state index contributed by atoms with van der Waals surface area (Å²) in [5.74, 6) is 0.891. The maximum Gasteiger partial charge on any atom is 0.214 e. The zero-order chi connectivity index (χ0) is 22.6. The quantitative estimate of drug-likeness (QED) is 0.235. The van der Waals surface area contributed by atoms with Crippen molar-refractivity contribution in [2.45, 2.75) is 45.1 Å². The molecular weight excluding hydrogens is 480 g/mol. The predicted molar refractivity (Wildman–Crippen MR) is 129 cm³/mol. The van der Waals surface area contributed by atoms with Gasteiger partial charge < -0.3 is 20.8 Å². The highest BCUT2D eigenvalue weighted by atomic mass is 79.9. The number of aliphatic hydroxyl groups excluding tert-OH is 2. The minimum absolute atomic E-state index is 0.0840. The Bertz CT molecular complexity index is 1040. The predicted octanol–water partition coefficient (Wildman–Crippen LogP) is 3.59. The lowest BCUT2D eigenvalue weighted by atomic mass is 9.97. The van der Waals surface area contributed by atoms with Crippen LogP contribution in [0.5, 0.6) is 0 Å². The van der Waals surface area contributed by atoms with Gasteiger partial charge in [-0.15, -0.1) is 11.4 Å². The molecule has 3 rings (SSSR count). The second kappa shape index (κ2) is 10.0. The van der Waals surface area contributed by atoms with Gasteiger partial charge in [-0.1, -0.05) is 28.1 Å². The molecule has 1 aliphatic rings. The van der Waals surface area contributed by atoms with Crippen molar-refractivity contribution in [2.24, 2.45) is 0 Å². The second-order valence-corrected chi connectivity index (χ2v) is 9.70. The summed E-state index contributed by atoms with van der Waals surface area (Å²) < 4.78 is 0.966. The number of carbonyl (C=O) groups excluding carboxylic acids is 1. The van der Waals surface area contributed by atoms with Gasteiger partial charge >= 0.3 is 0 Å². The van der Waals surface area contributed by atoms with Gasteiger partial charge in [0.2, 0.25) is 6.41 Å². The van der Waals surface area contributed by atoms with Gasteiger partial charge in [0.15, 0.2) is 0 Å². The molecule has 1 fully saturated rings. The average Bonchev–Trinajstić information content (AvgIpc) is 3.55. The van der Waals surface area contributed by atoms with Crippen molar-refractivity contribution < 1.29 is 15.0 Å². The number of halogens is 1. The number of nitrogens with two attached hydrogens (primary N) is 1. The molecule has 4 N–H and O–H groups in total. The van der Waals surface area contributed by atoms with Crippen LogP contribution in [-0.2, 0) is 16.8 Å². The zero-order valence-electron chi connectivity index (χ0n) is 17.5. The number of aryl methyl sites for hydroxylation is 1. The molecule has 0 radical (unpaired) electrons. The van der Waals surface area contributed by atoms with Crippen molar-refractivity contribution in [3.63, 3.8) is 0 Å². The molecule has 1 amide bonds. The molecule has 1 heterocycles. The monoisotopic (exact) mass is 506 g/mol. The third-order valence-electron chi connectivity index (χ3n) is 5.48. The van der Waals surface area contributed by atoms with Crippen molar-refractivity contribution >= 4 is 44.6 Å². The summed E-state index contributed by atoms with van der Waals surface area (Å²) in [5.41, 5.74) is 7.97. The minimum Gasteiger partial charge on any atom is -0.396 e. The van der Waals surface area contributed by atoms with Gasteiger partial charge in [-0.05, 0) is 49.3 Å². The first-order chi connectivity index (χ1) is 14.8. The fraction of sp³-hybridized carbons (Fsp3) is 0.364. The van der Waals surface area contributed by atoms with E-state index in [1.807, 2.05) is 31.2 Å². The summed E-state index contributed by atoms with van der Waals surface area (Å²) >= 11 is 4.10. The molecule has 0 atom stereocenters. The molecule has 1 aromatic heterocycles. The topological polar surface area (TPSA) is 113 Å². The van der Waals surface area contributed by atoms with Crippen LogP contribution in [0.4, 0.5) is 5.82 Å². The molecule has 0 unspecified atom stereocenters. The summed E-state index contributed by atoms with van der Waals surface area (Å²) in [4.78, 5) is 22.5. The lowest BCUT2D eigenvalue weighted by Crippen LogP contribution is -2.23. The number of nitrogens with zero attached hydrogens (tertiary/aromatic N) is 3. The number of carbonyl (C=O) groups is 1. The highest BCUT2D eigenvalue weighted by Gasteiger charge is 2.48. The second-order valence-electron chi connectivity index (χ2n) is 7.59. The smallest absolute Gasteiger partial charge is 0.214 e. The number of hydrogen-bond donors (Lipinski definition) is 4. The van der Waals surface area contributed by atoms with Crippen LogP contribution in [0.1, 0.15) is 43.1 Å². The number of nitrogen functional groups attached to an aromatic ring is 1. The van der Waals surface area contributed by atoms with Gasteiger partial charge in [-0.2, -0.15) is 0 Å². The van der Waals surface area contributed by atoms with Crippen LogP contribution >= 0.6 is 27.3 Å². The molecule has 0 bridgehead atoms. The number of anilines is 1. The third-order valence-corrected chi connectivity index (χ3v) is 7.43. The molecule has 1 aromatic carbocycles. The molecule has 0 aliphatic heterocycles. The number of amides is 1. The first kappa shape index (κ1) is 23.6. The third kappa shape index (κ3) is 5.41. The molecule has 0 spiro atoms. The van der Waals surface area contributed by atoms with Crippen LogP contribution in [0.25, 0.3) is 0 Å². The number of allylic oxidation sites excluding steroid dienone is 1. The van der Waals surface area contributed by atoms with Gasteiger partial charge in [-0.3, -0.25) is 4.79 Å². The molecule has 7 nitrogen and oxygen atoms in total. The van der Waals surface area contributed by atoms with E-state index in [4.69, 9.17) is 5.73 Å². The van der Waals surface area contributed by atoms with E-state index in [1.54, 1.807) is 13.1 Å². The van der Waals surface area contributed by atoms with Crippen LogP contribution < -0.4 is 5.73 Å². The van der Waals surface area contributed by atoms with Crippen LogP contribution in [0.3, 0.4) is 0 Å². The molecule has 1 saturated carbocycles. The van der Waals surface area contributed by atoms with Crippen molar-refractivity contribution in [1.29, 1.82) is 0 Å².